The van der Waals surface area contributed by atoms with Crippen molar-refractivity contribution in [3.8, 4) is 0 Å². The lowest BCUT2D eigenvalue weighted by atomic mass is 9.87. The lowest BCUT2D eigenvalue weighted by Crippen LogP contribution is -2.71. The molecule has 14 heteroatoms. The van der Waals surface area contributed by atoms with Crippen LogP contribution in [0.1, 0.15) is 0 Å². The van der Waals surface area contributed by atoms with Crippen LogP contribution in [0.3, 0.4) is 0 Å². The summed E-state index contributed by atoms with van der Waals surface area (Å²) in [4.78, 5) is 25.1. The number of nitrogens with zero attached hydrogens (tertiary/aromatic N) is 2. The Balaban J connectivity index is 1.53. The number of epoxide rings is 2. The van der Waals surface area contributed by atoms with Crippen LogP contribution in [0.15, 0.2) is 0 Å². The van der Waals surface area contributed by atoms with Gasteiger partial charge in [0.05, 0.1) is 0 Å². The van der Waals surface area contributed by atoms with Crippen molar-refractivity contribution in [1.29, 1.82) is 0 Å². The summed E-state index contributed by atoms with van der Waals surface area (Å²) in [7, 11) is 0. The maximum absolute atomic E-state index is 12.6. The minimum atomic E-state index is -1.80. The maximum atomic E-state index is 12.6. The molecule has 26 heavy (non-hydrogen) atoms. The van der Waals surface area contributed by atoms with Gasteiger partial charge in [0, 0.05) is 0 Å². The van der Waals surface area contributed by atoms with E-state index in [1.165, 1.54) is 0 Å². The summed E-state index contributed by atoms with van der Waals surface area (Å²) in [5, 5.41) is 2.15. The molecule has 4 heterocycles. The molecule has 0 N–H and O–H groups in total. The predicted molar refractivity (Wildman–Crippen MR) is 91.9 cm³/mol. The van der Waals surface area contributed by atoms with Gasteiger partial charge in [-0.3, -0.25) is 0 Å². The van der Waals surface area contributed by atoms with Crippen LogP contribution in [0.25, 0.3) is 0 Å². The molecule has 5 aliphatic rings. The average molecular weight is 491 g/mol. The minimum Gasteiger partial charge on any atom is -0.444 e. The first-order valence-corrected chi connectivity index (χ1v) is 9.61. The van der Waals surface area contributed by atoms with Gasteiger partial charge in [0.2, 0.25) is 7.59 Å². The van der Waals surface area contributed by atoms with E-state index in [1.807, 2.05) is 0 Å². The Hall–Kier alpha value is 0.200. The molecule has 2 bridgehead atoms. The summed E-state index contributed by atoms with van der Waals surface area (Å²) >= 11 is 33.6. The van der Waals surface area contributed by atoms with Crippen molar-refractivity contribution in [1.82, 2.24) is 10.0 Å². The third-order valence-electron chi connectivity index (χ3n) is 4.36. The van der Waals surface area contributed by atoms with Crippen LogP contribution < -0.4 is 0 Å². The van der Waals surface area contributed by atoms with Crippen LogP contribution in [0.5, 0.6) is 0 Å². The molecule has 8 nitrogen and oxygen atoms in total. The number of hydrogen-bond acceptors (Lipinski definition) is 6. The molecule has 1 aliphatic carbocycles. The van der Waals surface area contributed by atoms with Crippen molar-refractivity contribution < 1.29 is 28.5 Å². The fourth-order valence-electron chi connectivity index (χ4n) is 3.43. The summed E-state index contributed by atoms with van der Waals surface area (Å²) in [5.74, 6) is 0. The second kappa shape index (κ2) is 6.35. The van der Waals surface area contributed by atoms with E-state index >= 15 is 0 Å². The van der Waals surface area contributed by atoms with E-state index < -0.39 is 45.1 Å². The van der Waals surface area contributed by atoms with E-state index in [9.17, 15) is 9.59 Å². The Bertz CT molecular complexity index is 571. The molecular weight excluding hydrogens is 481 g/mol. The molecule has 1 saturated carbocycles. The van der Waals surface area contributed by atoms with Gasteiger partial charge in [-0.05, 0) is 0 Å². The van der Waals surface area contributed by atoms with Crippen molar-refractivity contribution in [3.63, 3.8) is 0 Å². The third-order valence-corrected chi connectivity index (χ3v) is 5.01. The number of rotatable bonds is 2. The number of fused-ring (bicyclic) bond motifs is 1. The SMILES string of the molecule is O=C(OCC(Cl)(Cl)Cl)N1C2C3OC3C(C3OC32)N1C(=O)OCC(Cl)(Cl)Cl. The van der Waals surface area contributed by atoms with E-state index in [-0.39, 0.29) is 24.4 Å². The van der Waals surface area contributed by atoms with Crippen LogP contribution >= 0.6 is 69.6 Å². The van der Waals surface area contributed by atoms with Gasteiger partial charge < -0.3 is 18.9 Å². The van der Waals surface area contributed by atoms with Crippen LogP contribution in [0.2, 0.25) is 0 Å². The Morgan fingerprint density at radius 3 is 1.31 bits per heavy atom. The first kappa shape index (κ1) is 19.5. The molecule has 2 amide bonds. The smallest absolute Gasteiger partial charge is 0.429 e. The number of hydrazine groups is 1. The normalized spacial score (nSPS) is 37.0. The van der Waals surface area contributed by atoms with Gasteiger partial charge >= 0.3 is 12.2 Å². The molecule has 146 valence electrons. The van der Waals surface area contributed by atoms with Gasteiger partial charge in [-0.2, -0.15) is 0 Å². The molecule has 4 saturated heterocycles. The first-order chi connectivity index (χ1) is 12.0. The molecule has 4 aliphatic heterocycles. The number of carbonyl (C=O) groups is 2. The molecule has 0 aromatic heterocycles. The Morgan fingerprint density at radius 2 is 1.04 bits per heavy atom. The number of amides is 2. The molecule has 4 atom stereocenters. The number of ether oxygens (including phenoxy) is 4. The van der Waals surface area contributed by atoms with Crippen molar-refractivity contribution >= 4 is 81.8 Å². The average Bonchev–Trinajstić information content (AvgIpc) is 3.39. The summed E-state index contributed by atoms with van der Waals surface area (Å²) < 4.78 is 17.6. The highest BCUT2D eigenvalue weighted by atomic mass is 35.6. The molecular formula is C12H10Cl6N2O6. The summed E-state index contributed by atoms with van der Waals surface area (Å²) in [6.45, 7) is -1.02. The third kappa shape index (κ3) is 3.59. The van der Waals surface area contributed by atoms with Crippen LogP contribution in [-0.4, -0.2) is 79.5 Å². The van der Waals surface area contributed by atoms with Crippen molar-refractivity contribution in [2.75, 3.05) is 13.2 Å². The number of halogens is 6. The molecule has 5 fully saturated rings. The molecule has 0 aromatic carbocycles. The van der Waals surface area contributed by atoms with Crippen LogP contribution in [0, 0.1) is 0 Å². The zero-order valence-corrected chi connectivity index (χ0v) is 17.0. The summed E-state index contributed by atoms with van der Waals surface area (Å²) in [6.07, 6.45) is -2.86. The lowest BCUT2D eigenvalue weighted by molar-refractivity contribution is -0.0964. The van der Waals surface area contributed by atoms with Crippen LogP contribution in [0.4, 0.5) is 9.59 Å². The van der Waals surface area contributed by atoms with E-state index in [0.717, 1.165) is 10.0 Å². The molecule has 0 aromatic rings. The largest absolute Gasteiger partial charge is 0.444 e. The van der Waals surface area contributed by atoms with Gasteiger partial charge in [-0.15, -0.1) is 0 Å². The van der Waals surface area contributed by atoms with Gasteiger partial charge in [0.15, 0.2) is 0 Å². The van der Waals surface area contributed by atoms with E-state index in [0.29, 0.717) is 0 Å². The second-order valence-corrected chi connectivity index (χ2v) is 11.2. The molecule has 0 spiro atoms. The Labute approximate surface area is 177 Å². The van der Waals surface area contributed by atoms with Gasteiger partial charge in [0.1, 0.15) is 49.7 Å². The van der Waals surface area contributed by atoms with Gasteiger partial charge in [-0.1, -0.05) is 69.6 Å². The maximum Gasteiger partial charge on any atom is 0.429 e. The number of alkyl halides is 6. The summed E-state index contributed by atoms with van der Waals surface area (Å²) in [5.41, 5.74) is 0. The second-order valence-electron chi connectivity index (χ2n) is 6.14. The molecule has 4 unspecified atom stereocenters. The summed E-state index contributed by atoms with van der Waals surface area (Å²) in [6, 6.07) is -1.11. The Morgan fingerprint density at radius 1 is 0.731 bits per heavy atom. The first-order valence-electron chi connectivity index (χ1n) is 7.34. The number of carbonyl (C=O) groups excluding carboxylic acids is 2. The quantitative estimate of drug-likeness (QED) is 0.437. The highest BCUT2D eigenvalue weighted by Gasteiger charge is 2.78. The predicted octanol–water partition coefficient (Wildman–Crippen LogP) is 2.82. The minimum absolute atomic E-state index is 0.263. The lowest BCUT2D eigenvalue weighted by Gasteiger charge is -2.46. The van der Waals surface area contributed by atoms with Gasteiger partial charge in [-0.25, -0.2) is 19.6 Å². The van der Waals surface area contributed by atoms with Gasteiger partial charge in [0.25, 0.3) is 0 Å². The highest BCUT2D eigenvalue weighted by molar-refractivity contribution is 6.68. The van der Waals surface area contributed by atoms with Crippen molar-refractivity contribution in [3.05, 3.63) is 0 Å². The zero-order valence-electron chi connectivity index (χ0n) is 12.5. The highest BCUT2D eigenvalue weighted by Crippen LogP contribution is 2.56. The fraction of sp³-hybridized carbons (Fsp3) is 0.833. The molecule has 0 radical (unpaired) electrons. The van der Waals surface area contributed by atoms with Crippen molar-refractivity contribution in [2.24, 2.45) is 0 Å². The van der Waals surface area contributed by atoms with Crippen LogP contribution in [-0.2, 0) is 18.9 Å². The zero-order chi connectivity index (χ0) is 19.0. The monoisotopic (exact) mass is 488 g/mol. The van der Waals surface area contributed by atoms with Crippen molar-refractivity contribution in [2.45, 2.75) is 44.1 Å². The topological polar surface area (TPSA) is 84.1 Å². The molecule has 5 rings (SSSR count). The fourth-order valence-corrected chi connectivity index (χ4v) is 3.76. The van der Waals surface area contributed by atoms with E-state index in [2.05, 4.69) is 0 Å². The van der Waals surface area contributed by atoms with E-state index in [1.54, 1.807) is 0 Å². The Kier molecular flexibility index (Phi) is 4.77. The standard InChI is InChI=1S/C12H10Cl6N2O6/c13-11(14,15)1-23-9(21)19-3-5-7(25-5)4(8-6(3)26-8)20(19)10(22)24-2-12(16,17)18/h3-8H,1-2H2. The van der Waals surface area contributed by atoms with E-state index in [4.69, 9.17) is 88.6 Å². The number of hydrogen-bond donors (Lipinski definition) is 0.